The Morgan fingerprint density at radius 3 is 2.21 bits per heavy atom. The molecule has 0 aliphatic rings. The Morgan fingerprint density at radius 2 is 1.79 bits per heavy atom. The van der Waals surface area contributed by atoms with Crippen LogP contribution >= 0.6 is 0 Å². The summed E-state index contributed by atoms with van der Waals surface area (Å²) in [5.41, 5.74) is 0.357. The van der Waals surface area contributed by atoms with Crippen LogP contribution in [0, 0.1) is 0 Å². The van der Waals surface area contributed by atoms with Crippen LogP contribution in [0.25, 0.3) is 0 Å². The fourth-order valence-electron chi connectivity index (χ4n) is 1.48. The van der Waals surface area contributed by atoms with Crippen LogP contribution in [0.5, 0.6) is 5.75 Å². The molecule has 0 saturated heterocycles. The molecule has 104 valence electrons. The Balaban J connectivity index is 2.78. The molecule has 6 nitrogen and oxygen atoms in total. The number of hydrogen-bond donors (Lipinski definition) is 2. The Kier molecular flexibility index (Phi) is 5.32. The first-order chi connectivity index (χ1) is 8.99. The van der Waals surface area contributed by atoms with Crippen molar-refractivity contribution >= 4 is 11.9 Å². The Labute approximate surface area is 111 Å². The molecule has 2 unspecified atom stereocenters. The third kappa shape index (κ3) is 3.96. The van der Waals surface area contributed by atoms with Crippen molar-refractivity contribution in [3.63, 3.8) is 0 Å². The van der Waals surface area contributed by atoms with E-state index in [1.165, 1.54) is 14.2 Å². The summed E-state index contributed by atoms with van der Waals surface area (Å²) in [5, 5.41) is 11.5. The maximum atomic E-state index is 11.9. The topological polar surface area (TPSA) is 84.9 Å². The number of amides is 1. The number of carboxylic acid groups (broad SMARTS) is 1. The lowest BCUT2D eigenvalue weighted by molar-refractivity contribution is -0.142. The normalized spacial score (nSPS) is 13.4. The molecule has 0 saturated carbocycles. The number of aliphatic carboxylic acids is 1. The zero-order valence-electron chi connectivity index (χ0n) is 11.0. The lowest BCUT2D eigenvalue weighted by Gasteiger charge is -2.20. The van der Waals surface area contributed by atoms with Gasteiger partial charge in [0.15, 0.2) is 6.04 Å². The van der Waals surface area contributed by atoms with E-state index in [4.69, 9.17) is 14.6 Å². The van der Waals surface area contributed by atoms with Gasteiger partial charge < -0.3 is 19.9 Å². The fourth-order valence-corrected chi connectivity index (χ4v) is 1.48. The first kappa shape index (κ1) is 15.0. The number of methoxy groups -OCH3 is 2. The first-order valence-corrected chi connectivity index (χ1v) is 5.70. The molecule has 0 spiro atoms. The number of rotatable bonds is 6. The largest absolute Gasteiger partial charge is 0.497 e. The van der Waals surface area contributed by atoms with E-state index < -0.39 is 24.0 Å². The summed E-state index contributed by atoms with van der Waals surface area (Å²) in [6.45, 7) is 1.58. The highest BCUT2D eigenvalue weighted by Crippen LogP contribution is 2.11. The smallest absolute Gasteiger partial charge is 0.328 e. The summed E-state index contributed by atoms with van der Waals surface area (Å²) >= 11 is 0. The van der Waals surface area contributed by atoms with Gasteiger partial charge in [0.2, 0.25) is 0 Å². The van der Waals surface area contributed by atoms with Crippen LogP contribution in [0.4, 0.5) is 0 Å². The van der Waals surface area contributed by atoms with E-state index in [2.05, 4.69) is 5.32 Å². The molecular formula is C13H17NO5. The van der Waals surface area contributed by atoms with Gasteiger partial charge in [-0.1, -0.05) is 0 Å². The minimum absolute atomic E-state index is 0.357. The second-order valence-electron chi connectivity index (χ2n) is 3.96. The average molecular weight is 267 g/mol. The van der Waals surface area contributed by atoms with Gasteiger partial charge in [0.25, 0.3) is 5.91 Å². The minimum atomic E-state index is -1.14. The summed E-state index contributed by atoms with van der Waals surface area (Å²) in [6, 6.07) is 5.28. The molecule has 0 heterocycles. The Hall–Kier alpha value is -2.08. The Morgan fingerprint density at radius 1 is 1.21 bits per heavy atom. The highest BCUT2D eigenvalue weighted by molar-refractivity contribution is 5.96. The summed E-state index contributed by atoms with van der Waals surface area (Å²) in [6.07, 6.45) is -0.625. The number of carbonyl (C=O) groups is 2. The number of hydrogen-bond acceptors (Lipinski definition) is 4. The van der Waals surface area contributed by atoms with Gasteiger partial charge in [-0.3, -0.25) is 4.79 Å². The molecular weight excluding hydrogens is 250 g/mol. The summed E-state index contributed by atoms with van der Waals surface area (Å²) in [7, 11) is 2.91. The van der Waals surface area contributed by atoms with Crippen molar-refractivity contribution in [3.8, 4) is 5.75 Å². The summed E-state index contributed by atoms with van der Waals surface area (Å²) < 4.78 is 9.91. The molecule has 0 aliphatic carbocycles. The Bertz CT molecular complexity index is 443. The van der Waals surface area contributed by atoms with Gasteiger partial charge in [-0.15, -0.1) is 0 Å². The first-order valence-electron chi connectivity index (χ1n) is 5.70. The van der Waals surface area contributed by atoms with E-state index in [-0.39, 0.29) is 0 Å². The maximum absolute atomic E-state index is 11.9. The minimum Gasteiger partial charge on any atom is -0.497 e. The maximum Gasteiger partial charge on any atom is 0.328 e. The van der Waals surface area contributed by atoms with Crippen molar-refractivity contribution in [2.24, 2.45) is 0 Å². The van der Waals surface area contributed by atoms with Crippen molar-refractivity contribution in [2.75, 3.05) is 14.2 Å². The third-order valence-corrected chi connectivity index (χ3v) is 2.75. The van der Waals surface area contributed by atoms with E-state index in [0.29, 0.717) is 11.3 Å². The second-order valence-corrected chi connectivity index (χ2v) is 3.96. The highest BCUT2D eigenvalue weighted by Gasteiger charge is 2.26. The summed E-state index contributed by atoms with van der Waals surface area (Å²) in [5.74, 6) is -0.994. The van der Waals surface area contributed by atoms with Crippen molar-refractivity contribution in [1.29, 1.82) is 0 Å². The molecule has 2 atom stereocenters. The molecule has 0 radical (unpaired) electrons. The molecule has 0 aliphatic heterocycles. The quantitative estimate of drug-likeness (QED) is 0.800. The predicted molar refractivity (Wildman–Crippen MR) is 68.4 cm³/mol. The number of nitrogens with one attached hydrogen (secondary N) is 1. The lowest BCUT2D eigenvalue weighted by Crippen LogP contribution is -2.48. The standard InChI is InChI=1S/C13H17NO5/c1-8(18-2)11(13(16)17)14-12(15)9-4-6-10(19-3)7-5-9/h4-8,11H,1-3H3,(H,14,15)(H,16,17). The molecule has 2 N–H and O–H groups in total. The zero-order valence-corrected chi connectivity index (χ0v) is 11.0. The molecule has 0 bridgehead atoms. The average Bonchev–Trinajstić information content (AvgIpc) is 2.43. The van der Waals surface area contributed by atoms with Gasteiger partial charge in [-0.25, -0.2) is 4.79 Å². The van der Waals surface area contributed by atoms with E-state index in [9.17, 15) is 9.59 Å². The number of benzene rings is 1. The van der Waals surface area contributed by atoms with Crippen LogP contribution in [0.2, 0.25) is 0 Å². The van der Waals surface area contributed by atoms with Crippen molar-refractivity contribution in [2.45, 2.75) is 19.1 Å². The van der Waals surface area contributed by atoms with Crippen molar-refractivity contribution < 1.29 is 24.2 Å². The third-order valence-electron chi connectivity index (χ3n) is 2.75. The number of ether oxygens (including phenoxy) is 2. The van der Waals surface area contributed by atoms with Gasteiger partial charge >= 0.3 is 5.97 Å². The fraction of sp³-hybridized carbons (Fsp3) is 0.385. The van der Waals surface area contributed by atoms with Crippen LogP contribution < -0.4 is 10.1 Å². The molecule has 1 amide bonds. The zero-order chi connectivity index (χ0) is 14.4. The van der Waals surface area contributed by atoms with E-state index >= 15 is 0 Å². The second kappa shape index (κ2) is 6.75. The van der Waals surface area contributed by atoms with Gasteiger partial charge in [0.05, 0.1) is 13.2 Å². The van der Waals surface area contributed by atoms with Gasteiger partial charge in [0.1, 0.15) is 5.75 Å². The van der Waals surface area contributed by atoms with Crippen LogP contribution in [0.15, 0.2) is 24.3 Å². The summed E-state index contributed by atoms with van der Waals surface area (Å²) in [4.78, 5) is 23.0. The monoisotopic (exact) mass is 267 g/mol. The van der Waals surface area contributed by atoms with Crippen molar-refractivity contribution in [3.05, 3.63) is 29.8 Å². The number of carbonyl (C=O) groups excluding carboxylic acids is 1. The molecule has 0 aromatic heterocycles. The SMILES string of the molecule is COc1ccc(C(=O)NC(C(=O)O)C(C)OC)cc1. The van der Waals surface area contributed by atoms with Crippen LogP contribution in [0.1, 0.15) is 17.3 Å². The molecule has 0 fully saturated rings. The van der Waals surface area contributed by atoms with Crippen LogP contribution in [-0.4, -0.2) is 43.3 Å². The molecule has 6 heteroatoms. The lowest BCUT2D eigenvalue weighted by atomic mass is 10.1. The molecule has 1 aromatic rings. The van der Waals surface area contributed by atoms with Gasteiger partial charge in [-0.05, 0) is 31.2 Å². The van der Waals surface area contributed by atoms with Crippen LogP contribution in [0.3, 0.4) is 0 Å². The highest BCUT2D eigenvalue weighted by atomic mass is 16.5. The van der Waals surface area contributed by atoms with E-state index in [1.54, 1.807) is 31.2 Å². The van der Waals surface area contributed by atoms with E-state index in [0.717, 1.165) is 0 Å². The molecule has 1 rings (SSSR count). The van der Waals surface area contributed by atoms with Gasteiger partial charge in [-0.2, -0.15) is 0 Å². The van der Waals surface area contributed by atoms with Crippen LogP contribution in [-0.2, 0) is 9.53 Å². The molecule has 19 heavy (non-hydrogen) atoms. The van der Waals surface area contributed by atoms with Gasteiger partial charge in [0, 0.05) is 12.7 Å². The predicted octanol–water partition coefficient (Wildman–Crippen LogP) is 0.913. The number of carboxylic acids is 1. The molecule has 1 aromatic carbocycles. The van der Waals surface area contributed by atoms with E-state index in [1.807, 2.05) is 0 Å². The van der Waals surface area contributed by atoms with Crippen molar-refractivity contribution in [1.82, 2.24) is 5.32 Å².